The average Bonchev–Trinajstić information content (AvgIpc) is 2.46. The van der Waals surface area contributed by atoms with Crippen LogP contribution in [0.2, 0.25) is 0 Å². The van der Waals surface area contributed by atoms with Crippen molar-refractivity contribution in [1.82, 2.24) is 0 Å². The van der Waals surface area contributed by atoms with E-state index in [1.165, 1.54) is 11.1 Å². The lowest BCUT2D eigenvalue weighted by Gasteiger charge is -2.13. The van der Waals surface area contributed by atoms with Crippen molar-refractivity contribution in [3.8, 4) is 0 Å². The molecule has 26 heavy (non-hydrogen) atoms. The molecule has 1 unspecified atom stereocenters. The van der Waals surface area contributed by atoms with Crippen LogP contribution in [0.1, 0.15) is 44.7 Å². The van der Waals surface area contributed by atoms with Crippen molar-refractivity contribution in [2.45, 2.75) is 40.2 Å². The Morgan fingerprint density at radius 1 is 1.08 bits per heavy atom. The van der Waals surface area contributed by atoms with E-state index in [2.05, 4.69) is 32.9 Å². The van der Waals surface area contributed by atoms with Crippen LogP contribution in [-0.2, 0) is 20.5 Å². The maximum Gasteiger partial charge on any atom is 0.335 e. The first kappa shape index (κ1) is 23.0. The van der Waals surface area contributed by atoms with Gasteiger partial charge in [0.2, 0.25) is 7.37 Å². The number of hydrogen-bond acceptors (Lipinski definition) is 3. The molecule has 0 heterocycles. The maximum atomic E-state index is 11.6. The minimum absolute atomic E-state index is 0.106. The largest absolute Gasteiger partial charge is 0.367 e. The summed E-state index contributed by atoms with van der Waals surface area (Å²) < 4.78 is 27.6. The fourth-order valence-corrected chi connectivity index (χ4v) is 5.30. The molecule has 0 bridgehead atoms. The molecule has 0 aliphatic carbocycles. The van der Waals surface area contributed by atoms with Gasteiger partial charge in [0.15, 0.2) is 0 Å². The number of hydrogen-bond donors (Lipinski definition) is 3. The van der Waals surface area contributed by atoms with Gasteiger partial charge in [0, 0.05) is 0 Å². The summed E-state index contributed by atoms with van der Waals surface area (Å²) in [6.45, 7) is 6.37. The Balaban J connectivity index is 2.51. The summed E-state index contributed by atoms with van der Waals surface area (Å²) in [5.74, 6) is -1.06. The molecule has 3 N–H and O–H groups in total. The van der Waals surface area contributed by atoms with Crippen molar-refractivity contribution in [2.75, 3.05) is 12.3 Å². The normalized spacial score (nSPS) is 14.8. The monoisotopic (exact) mass is 402 g/mol. The third-order valence-corrected chi connectivity index (χ3v) is 7.28. The number of allylic oxidation sites excluding steroid dienone is 3. The van der Waals surface area contributed by atoms with E-state index in [-0.39, 0.29) is 6.61 Å². The predicted molar refractivity (Wildman–Crippen MR) is 105 cm³/mol. The molecular formula is C18H28O6P2. The van der Waals surface area contributed by atoms with Crippen molar-refractivity contribution >= 4 is 21.0 Å². The Bertz CT molecular complexity index is 727. The lowest BCUT2D eigenvalue weighted by atomic mass is 10.1. The van der Waals surface area contributed by atoms with Crippen molar-refractivity contribution in [1.29, 1.82) is 0 Å². The third-order valence-electron chi connectivity index (χ3n) is 3.45. The molecular weight excluding hydrogens is 374 g/mol. The summed E-state index contributed by atoms with van der Waals surface area (Å²) in [6.07, 6.45) is 5.77. The van der Waals surface area contributed by atoms with Gasteiger partial charge in [-0.3, -0.25) is 9.13 Å². The molecule has 1 atom stereocenters. The molecule has 0 saturated carbocycles. The summed E-state index contributed by atoms with van der Waals surface area (Å²) in [6, 6.07) is 7.61. The second-order valence-corrected chi connectivity index (χ2v) is 11.1. The van der Waals surface area contributed by atoms with Crippen LogP contribution in [0.25, 0.3) is 6.08 Å². The first-order chi connectivity index (χ1) is 12.0. The van der Waals surface area contributed by atoms with Crippen molar-refractivity contribution < 1.29 is 28.5 Å². The molecule has 0 aliphatic heterocycles. The smallest absolute Gasteiger partial charge is 0.335 e. The van der Waals surface area contributed by atoms with Gasteiger partial charge in [0.25, 0.3) is 0 Å². The summed E-state index contributed by atoms with van der Waals surface area (Å²) in [4.78, 5) is 27.0. The van der Waals surface area contributed by atoms with Gasteiger partial charge in [-0.2, -0.15) is 0 Å². The lowest BCUT2D eigenvalue weighted by Crippen LogP contribution is -2.00. The second kappa shape index (κ2) is 10.4. The molecule has 1 aromatic carbocycles. The molecule has 0 spiro atoms. The molecule has 6 nitrogen and oxygen atoms in total. The molecule has 0 radical (unpaired) electrons. The highest BCUT2D eigenvalue weighted by Crippen LogP contribution is 2.54. The van der Waals surface area contributed by atoms with Crippen molar-refractivity contribution in [3.63, 3.8) is 0 Å². The minimum atomic E-state index is -4.54. The first-order valence-electron chi connectivity index (χ1n) is 8.29. The van der Waals surface area contributed by atoms with E-state index < -0.39 is 27.2 Å². The van der Waals surface area contributed by atoms with Crippen molar-refractivity contribution in [2.24, 2.45) is 0 Å². The minimum Gasteiger partial charge on any atom is -0.367 e. The molecule has 8 heteroatoms. The van der Waals surface area contributed by atoms with Crippen LogP contribution in [0.4, 0.5) is 0 Å². The zero-order valence-corrected chi connectivity index (χ0v) is 17.2. The zero-order valence-electron chi connectivity index (χ0n) is 15.5. The Labute approximate surface area is 155 Å². The van der Waals surface area contributed by atoms with Crippen molar-refractivity contribution in [3.05, 3.63) is 52.6 Å². The van der Waals surface area contributed by atoms with Gasteiger partial charge in [-0.15, -0.1) is 0 Å². The van der Waals surface area contributed by atoms with Gasteiger partial charge < -0.3 is 19.4 Å². The highest BCUT2D eigenvalue weighted by molar-refractivity contribution is 7.72. The number of rotatable bonds is 10. The highest BCUT2D eigenvalue weighted by atomic mass is 31.2. The summed E-state index contributed by atoms with van der Waals surface area (Å²) in [5.41, 5.74) is 4.49. The Morgan fingerprint density at radius 3 is 2.23 bits per heavy atom. The van der Waals surface area contributed by atoms with Crippen LogP contribution >= 0.6 is 15.0 Å². The summed E-state index contributed by atoms with van der Waals surface area (Å²) in [7, 11) is -8.53. The van der Waals surface area contributed by atoms with E-state index >= 15 is 0 Å². The molecule has 146 valence electrons. The standard InChI is InChI=1S/C18H28O6P2/c1-15(2)5-4-6-16(3)11-17-7-9-18(10-8-17)12-24-13-25(19,20)14-26(21,22)23/h5,7-11H,4,6,12-14H2,1-3H3,(H,19,20)(H2,21,22,23)/b16-11+. The van der Waals surface area contributed by atoms with Crippen LogP contribution in [0.3, 0.4) is 0 Å². The molecule has 0 amide bonds. The topological polar surface area (TPSA) is 104 Å². The third kappa shape index (κ3) is 10.9. The van der Waals surface area contributed by atoms with Gasteiger partial charge in [-0.1, -0.05) is 47.6 Å². The van der Waals surface area contributed by atoms with Gasteiger partial charge in [0.05, 0.1) is 6.61 Å². The van der Waals surface area contributed by atoms with E-state index in [9.17, 15) is 14.0 Å². The van der Waals surface area contributed by atoms with E-state index in [1.807, 2.05) is 24.3 Å². The Hall–Kier alpha value is -1.00. The average molecular weight is 402 g/mol. The fourth-order valence-electron chi connectivity index (χ4n) is 2.29. The first-order valence-corrected chi connectivity index (χ1v) is 12.1. The fraction of sp³-hybridized carbons (Fsp3) is 0.444. The summed E-state index contributed by atoms with van der Waals surface area (Å²) in [5, 5.41) is 0. The SMILES string of the molecule is CC(C)=CCC/C(C)=C/c1ccc(COCP(=O)(O)CP(=O)(O)O)cc1. The van der Waals surface area contributed by atoms with Crippen LogP contribution < -0.4 is 0 Å². The van der Waals surface area contributed by atoms with Gasteiger partial charge in [0.1, 0.15) is 12.3 Å². The van der Waals surface area contributed by atoms with Crippen LogP contribution in [-0.4, -0.2) is 26.9 Å². The Kier molecular flexibility index (Phi) is 9.18. The van der Waals surface area contributed by atoms with E-state index in [0.29, 0.717) is 0 Å². The zero-order chi connectivity index (χ0) is 19.8. The lowest BCUT2D eigenvalue weighted by molar-refractivity contribution is 0.155. The number of benzene rings is 1. The quantitative estimate of drug-likeness (QED) is 0.387. The van der Waals surface area contributed by atoms with Gasteiger partial charge >= 0.3 is 7.60 Å². The molecule has 0 fully saturated rings. The molecule has 0 saturated heterocycles. The second-order valence-electron chi connectivity index (χ2n) is 6.68. The Morgan fingerprint density at radius 2 is 1.69 bits per heavy atom. The van der Waals surface area contributed by atoms with E-state index in [4.69, 9.17) is 14.5 Å². The van der Waals surface area contributed by atoms with E-state index in [1.54, 1.807) is 0 Å². The predicted octanol–water partition coefficient (Wildman–Crippen LogP) is 4.72. The molecule has 1 aromatic rings. The summed E-state index contributed by atoms with van der Waals surface area (Å²) >= 11 is 0. The van der Waals surface area contributed by atoms with Crippen LogP contribution in [0.15, 0.2) is 41.5 Å². The molecule has 0 aliphatic rings. The van der Waals surface area contributed by atoms with Gasteiger partial charge in [-0.05, 0) is 44.7 Å². The highest BCUT2D eigenvalue weighted by Gasteiger charge is 2.29. The number of ether oxygens (including phenoxy) is 1. The maximum absolute atomic E-state index is 11.6. The molecule has 1 rings (SSSR count). The van der Waals surface area contributed by atoms with Gasteiger partial charge in [-0.25, -0.2) is 0 Å². The van der Waals surface area contributed by atoms with E-state index in [0.717, 1.165) is 24.0 Å². The van der Waals surface area contributed by atoms with Crippen LogP contribution in [0, 0.1) is 0 Å². The van der Waals surface area contributed by atoms with Crippen LogP contribution in [0.5, 0.6) is 0 Å². The molecule has 0 aromatic heterocycles.